The molecule has 0 atom stereocenters. The van der Waals surface area contributed by atoms with Crippen molar-refractivity contribution < 1.29 is 18.4 Å². The van der Waals surface area contributed by atoms with Crippen LogP contribution >= 0.6 is 0 Å². The zero-order valence-corrected chi connectivity index (χ0v) is 25.0. The number of fused-ring (bicyclic) bond motifs is 7. The topological polar surface area (TPSA) is 75.7 Å². The highest BCUT2D eigenvalue weighted by Gasteiger charge is 2.22. The lowest BCUT2D eigenvalue weighted by Crippen LogP contribution is -2.40. The lowest BCUT2D eigenvalue weighted by molar-refractivity contribution is -0.121. The van der Waals surface area contributed by atoms with Crippen molar-refractivity contribution in [1.29, 1.82) is 0 Å². The Labute approximate surface area is 264 Å². The van der Waals surface area contributed by atoms with Crippen LogP contribution in [0.15, 0.2) is 137 Å². The highest BCUT2D eigenvalue weighted by Crippen LogP contribution is 2.33. The number of carbonyl (C=O) groups is 2. The second kappa shape index (κ2) is 11.6. The SMILES string of the molecule is O=C(Cc1coc2ccc3ccccc3c12)NCCN(C(=O)Cc1coc2ccc3ccccc3c12)c1cccc2ccccc12. The molecule has 0 unspecified atom stereocenters. The van der Waals surface area contributed by atoms with Crippen molar-refractivity contribution in [2.24, 2.45) is 0 Å². The summed E-state index contributed by atoms with van der Waals surface area (Å²) >= 11 is 0. The van der Waals surface area contributed by atoms with Gasteiger partial charge in [-0.25, -0.2) is 0 Å². The van der Waals surface area contributed by atoms with Gasteiger partial charge in [0.25, 0.3) is 0 Å². The van der Waals surface area contributed by atoms with Gasteiger partial charge in [0.2, 0.25) is 11.8 Å². The van der Waals surface area contributed by atoms with Gasteiger partial charge in [-0.3, -0.25) is 9.59 Å². The van der Waals surface area contributed by atoms with Gasteiger partial charge in [-0.2, -0.15) is 0 Å². The summed E-state index contributed by atoms with van der Waals surface area (Å²) < 4.78 is 11.7. The van der Waals surface area contributed by atoms with E-state index in [1.54, 1.807) is 17.4 Å². The standard InChI is InChI=1S/C40H30N2O4/c43-37(22-29-24-45-35-18-16-27-9-2-5-13-32(27)39(29)35)41-20-21-42(34-15-7-11-26-8-1-4-12-31(26)34)38(44)23-30-25-46-36-19-17-28-10-3-6-14-33(28)40(30)36/h1-19,24-25H,20-23H2,(H,41,43). The third-order valence-electron chi connectivity index (χ3n) is 8.79. The van der Waals surface area contributed by atoms with Crippen LogP contribution in [0.25, 0.3) is 54.3 Å². The molecule has 0 bridgehead atoms. The molecule has 8 rings (SSSR count). The van der Waals surface area contributed by atoms with E-state index in [9.17, 15) is 9.59 Å². The van der Waals surface area contributed by atoms with Crippen LogP contribution < -0.4 is 10.2 Å². The number of rotatable bonds is 8. The van der Waals surface area contributed by atoms with Crippen LogP contribution in [0.4, 0.5) is 5.69 Å². The number of hydrogen-bond donors (Lipinski definition) is 1. The Morgan fingerprint density at radius 3 is 1.72 bits per heavy atom. The lowest BCUT2D eigenvalue weighted by Gasteiger charge is -2.25. The molecular formula is C40H30N2O4. The zero-order chi connectivity index (χ0) is 31.0. The first-order chi connectivity index (χ1) is 22.6. The molecule has 0 aliphatic carbocycles. The van der Waals surface area contributed by atoms with Crippen LogP contribution in [-0.2, 0) is 22.4 Å². The van der Waals surface area contributed by atoms with Gasteiger partial charge in [-0.1, -0.05) is 97.1 Å². The smallest absolute Gasteiger partial charge is 0.231 e. The van der Waals surface area contributed by atoms with E-state index < -0.39 is 0 Å². The van der Waals surface area contributed by atoms with Gasteiger partial charge in [0, 0.05) is 40.4 Å². The van der Waals surface area contributed by atoms with Gasteiger partial charge in [0.05, 0.1) is 31.1 Å². The van der Waals surface area contributed by atoms with E-state index in [0.29, 0.717) is 13.1 Å². The third kappa shape index (κ3) is 4.94. The Balaban J connectivity index is 1.06. The zero-order valence-electron chi connectivity index (χ0n) is 25.0. The van der Waals surface area contributed by atoms with Crippen LogP contribution in [0.2, 0.25) is 0 Å². The van der Waals surface area contributed by atoms with Crippen LogP contribution in [-0.4, -0.2) is 24.9 Å². The minimum absolute atomic E-state index is 0.0754. The first kappa shape index (κ1) is 27.7. The van der Waals surface area contributed by atoms with Crippen LogP contribution in [0, 0.1) is 0 Å². The number of anilines is 1. The number of carbonyl (C=O) groups excluding carboxylic acids is 2. The molecular weight excluding hydrogens is 572 g/mol. The molecule has 0 saturated heterocycles. The highest BCUT2D eigenvalue weighted by atomic mass is 16.3. The molecule has 6 aromatic carbocycles. The maximum absolute atomic E-state index is 14.2. The Morgan fingerprint density at radius 1 is 0.565 bits per heavy atom. The summed E-state index contributed by atoms with van der Waals surface area (Å²) in [6.07, 6.45) is 3.70. The second-order valence-electron chi connectivity index (χ2n) is 11.6. The van der Waals surface area contributed by atoms with Gasteiger partial charge in [0.1, 0.15) is 11.2 Å². The molecule has 6 nitrogen and oxygen atoms in total. The molecule has 0 aliphatic heterocycles. The maximum Gasteiger partial charge on any atom is 0.231 e. The largest absolute Gasteiger partial charge is 0.464 e. The number of amides is 2. The van der Waals surface area contributed by atoms with E-state index in [2.05, 4.69) is 23.5 Å². The van der Waals surface area contributed by atoms with E-state index in [0.717, 1.165) is 71.1 Å². The monoisotopic (exact) mass is 602 g/mol. The number of hydrogen-bond acceptors (Lipinski definition) is 4. The molecule has 8 aromatic rings. The fraction of sp³-hybridized carbons (Fsp3) is 0.100. The summed E-state index contributed by atoms with van der Waals surface area (Å²) in [5.74, 6) is -0.207. The Kier molecular flexibility index (Phi) is 6.95. The predicted molar refractivity (Wildman–Crippen MR) is 184 cm³/mol. The van der Waals surface area contributed by atoms with Gasteiger partial charge in [-0.05, 0) is 45.1 Å². The fourth-order valence-electron chi connectivity index (χ4n) is 6.63. The van der Waals surface area contributed by atoms with E-state index >= 15 is 0 Å². The minimum Gasteiger partial charge on any atom is -0.464 e. The molecule has 6 heteroatoms. The van der Waals surface area contributed by atoms with E-state index in [1.807, 2.05) is 97.1 Å². The molecule has 2 aromatic heterocycles. The summed E-state index contributed by atoms with van der Waals surface area (Å²) in [5, 5.41) is 11.3. The molecule has 1 N–H and O–H groups in total. The molecule has 0 radical (unpaired) electrons. The van der Waals surface area contributed by atoms with Crippen molar-refractivity contribution >= 4 is 71.8 Å². The van der Waals surface area contributed by atoms with Crippen molar-refractivity contribution in [2.45, 2.75) is 12.8 Å². The van der Waals surface area contributed by atoms with Crippen molar-refractivity contribution in [3.8, 4) is 0 Å². The molecule has 0 fully saturated rings. The number of nitrogens with one attached hydrogen (secondary N) is 1. The van der Waals surface area contributed by atoms with Crippen molar-refractivity contribution in [2.75, 3.05) is 18.0 Å². The van der Waals surface area contributed by atoms with Crippen molar-refractivity contribution in [3.05, 3.63) is 139 Å². The molecule has 2 heterocycles. The van der Waals surface area contributed by atoms with Crippen molar-refractivity contribution in [1.82, 2.24) is 5.32 Å². The van der Waals surface area contributed by atoms with E-state index in [1.165, 1.54) is 0 Å². The number of benzene rings is 6. The number of furan rings is 2. The Morgan fingerprint density at radius 2 is 1.09 bits per heavy atom. The van der Waals surface area contributed by atoms with Crippen molar-refractivity contribution in [3.63, 3.8) is 0 Å². The first-order valence-corrected chi connectivity index (χ1v) is 15.4. The highest BCUT2D eigenvalue weighted by molar-refractivity contribution is 6.11. The van der Waals surface area contributed by atoms with Gasteiger partial charge in [-0.15, -0.1) is 0 Å². The van der Waals surface area contributed by atoms with Gasteiger partial charge >= 0.3 is 0 Å². The second-order valence-corrected chi connectivity index (χ2v) is 11.6. The first-order valence-electron chi connectivity index (χ1n) is 15.4. The van der Waals surface area contributed by atoms with E-state index in [4.69, 9.17) is 8.83 Å². The van der Waals surface area contributed by atoms with Crippen LogP contribution in [0.1, 0.15) is 11.1 Å². The summed E-state index contributed by atoms with van der Waals surface area (Å²) in [6, 6.07) is 38.2. The fourth-order valence-corrected chi connectivity index (χ4v) is 6.63. The third-order valence-corrected chi connectivity index (χ3v) is 8.79. The molecule has 0 spiro atoms. The summed E-state index contributed by atoms with van der Waals surface area (Å²) in [7, 11) is 0. The Hall–Kier alpha value is -5.88. The average Bonchev–Trinajstić information content (AvgIpc) is 3.70. The van der Waals surface area contributed by atoms with Gasteiger partial charge < -0.3 is 19.1 Å². The summed E-state index contributed by atoms with van der Waals surface area (Å²) in [6.45, 7) is 0.601. The quantitative estimate of drug-likeness (QED) is 0.189. The molecule has 0 aliphatic rings. The average molecular weight is 603 g/mol. The summed E-state index contributed by atoms with van der Waals surface area (Å²) in [4.78, 5) is 29.2. The number of nitrogens with zero attached hydrogens (tertiary/aromatic N) is 1. The predicted octanol–water partition coefficient (Wildman–Crippen LogP) is 8.57. The molecule has 224 valence electrons. The molecule has 46 heavy (non-hydrogen) atoms. The van der Waals surface area contributed by atoms with Gasteiger partial charge in [0.15, 0.2) is 0 Å². The van der Waals surface area contributed by atoms with E-state index in [-0.39, 0.29) is 24.7 Å². The van der Waals surface area contributed by atoms with Crippen LogP contribution in [0.3, 0.4) is 0 Å². The maximum atomic E-state index is 14.2. The summed E-state index contributed by atoms with van der Waals surface area (Å²) in [5.41, 5.74) is 4.00. The molecule has 2 amide bonds. The Bertz CT molecular complexity index is 2410. The van der Waals surface area contributed by atoms with Crippen LogP contribution in [0.5, 0.6) is 0 Å². The lowest BCUT2D eigenvalue weighted by atomic mass is 10.0. The minimum atomic E-state index is -0.131. The normalized spacial score (nSPS) is 11.6. The molecule has 0 saturated carbocycles.